The van der Waals surface area contributed by atoms with Gasteiger partial charge in [-0.05, 0) is 43.5 Å². The minimum atomic E-state index is -0.241. The first kappa shape index (κ1) is 15.6. The molecule has 1 aliphatic rings. The van der Waals surface area contributed by atoms with E-state index >= 15 is 0 Å². The highest BCUT2D eigenvalue weighted by atomic mass is 127. The highest BCUT2D eigenvalue weighted by Crippen LogP contribution is 2.42. The van der Waals surface area contributed by atoms with E-state index in [1.165, 1.54) is 0 Å². The molecular weight excluding hydrogens is 365 g/mol. The second kappa shape index (κ2) is 5.92. The zero-order valence-electron chi connectivity index (χ0n) is 12.5. The lowest BCUT2D eigenvalue weighted by Crippen LogP contribution is -2.38. The van der Waals surface area contributed by atoms with E-state index in [0.717, 1.165) is 22.3 Å². The Morgan fingerprint density at radius 1 is 1.40 bits per heavy atom. The summed E-state index contributed by atoms with van der Waals surface area (Å²) in [6.07, 6.45) is 0.929. The van der Waals surface area contributed by atoms with E-state index in [4.69, 9.17) is 4.74 Å². The number of hydrogen-bond acceptors (Lipinski definition) is 2. The van der Waals surface area contributed by atoms with Crippen LogP contribution in [0.1, 0.15) is 27.2 Å². The number of anilines is 1. The van der Waals surface area contributed by atoms with Crippen LogP contribution in [0.15, 0.2) is 24.3 Å². The van der Waals surface area contributed by atoms with Crippen molar-refractivity contribution < 1.29 is 9.53 Å². The summed E-state index contributed by atoms with van der Waals surface area (Å²) in [4.78, 5) is 14.8. The van der Waals surface area contributed by atoms with Crippen LogP contribution < -0.4 is 9.64 Å². The van der Waals surface area contributed by atoms with Gasteiger partial charge in [-0.2, -0.15) is 0 Å². The van der Waals surface area contributed by atoms with Crippen molar-refractivity contribution in [2.24, 2.45) is 11.3 Å². The molecule has 20 heavy (non-hydrogen) atoms. The number of hydrogen-bond donors (Lipinski definition) is 0. The molecule has 0 unspecified atom stereocenters. The molecule has 1 aromatic rings. The average Bonchev–Trinajstić information content (AvgIpc) is 2.72. The summed E-state index contributed by atoms with van der Waals surface area (Å²) in [7, 11) is 1.65. The van der Waals surface area contributed by atoms with E-state index in [0.29, 0.717) is 5.92 Å². The Morgan fingerprint density at radius 2 is 2.00 bits per heavy atom. The number of alkyl halides is 1. The highest BCUT2D eigenvalue weighted by molar-refractivity contribution is 14.1. The first-order valence-corrected chi connectivity index (χ1v) is 8.49. The maximum Gasteiger partial charge on any atom is 0.234 e. The van der Waals surface area contributed by atoms with Crippen LogP contribution in [-0.2, 0) is 4.79 Å². The molecule has 1 heterocycles. The Bertz CT molecular complexity index is 486. The molecule has 2 rings (SSSR count). The van der Waals surface area contributed by atoms with Crippen LogP contribution in [0.2, 0.25) is 0 Å². The van der Waals surface area contributed by atoms with Gasteiger partial charge < -0.3 is 9.64 Å². The fourth-order valence-corrected chi connectivity index (χ4v) is 3.42. The molecule has 0 N–H and O–H groups in total. The molecule has 0 bridgehead atoms. The van der Waals surface area contributed by atoms with Crippen molar-refractivity contribution in [3.63, 3.8) is 0 Å². The Hall–Kier alpha value is -0.780. The average molecular weight is 387 g/mol. The quantitative estimate of drug-likeness (QED) is 0.580. The molecule has 1 aromatic carbocycles. The van der Waals surface area contributed by atoms with E-state index in [1.807, 2.05) is 29.2 Å². The zero-order valence-corrected chi connectivity index (χ0v) is 14.7. The maximum atomic E-state index is 12.8. The number of benzene rings is 1. The Balaban J connectivity index is 2.37. The molecule has 1 fully saturated rings. The third-order valence-electron chi connectivity index (χ3n) is 4.14. The van der Waals surface area contributed by atoms with Crippen LogP contribution >= 0.6 is 22.6 Å². The number of carbonyl (C=O) groups is 1. The van der Waals surface area contributed by atoms with Gasteiger partial charge in [0.2, 0.25) is 5.91 Å². The molecule has 110 valence electrons. The van der Waals surface area contributed by atoms with Crippen molar-refractivity contribution in [3.05, 3.63) is 24.3 Å². The van der Waals surface area contributed by atoms with Crippen LogP contribution in [0.25, 0.3) is 0 Å². The van der Waals surface area contributed by atoms with Gasteiger partial charge in [0.05, 0.1) is 12.5 Å². The SMILES string of the molecule is COc1ccc(N2C(=O)[C@@](C)(CI)C[C@@H]2C(C)C)cc1. The number of rotatable bonds is 4. The lowest BCUT2D eigenvalue weighted by molar-refractivity contribution is -0.123. The van der Waals surface area contributed by atoms with Crippen molar-refractivity contribution >= 4 is 34.2 Å². The Labute approximate surface area is 134 Å². The van der Waals surface area contributed by atoms with E-state index in [9.17, 15) is 4.79 Å². The summed E-state index contributed by atoms with van der Waals surface area (Å²) in [6, 6.07) is 8.06. The molecule has 1 amide bonds. The highest BCUT2D eigenvalue weighted by Gasteiger charge is 2.49. The van der Waals surface area contributed by atoms with Crippen molar-refractivity contribution in [3.8, 4) is 5.75 Å². The van der Waals surface area contributed by atoms with Crippen LogP contribution in [0.5, 0.6) is 5.75 Å². The summed E-state index contributed by atoms with van der Waals surface area (Å²) in [6.45, 7) is 6.46. The van der Waals surface area contributed by atoms with E-state index < -0.39 is 0 Å². The molecular formula is C16H22INO2. The van der Waals surface area contributed by atoms with E-state index in [1.54, 1.807) is 7.11 Å². The summed E-state index contributed by atoms with van der Waals surface area (Å²) >= 11 is 2.33. The number of amides is 1. The first-order chi connectivity index (χ1) is 9.42. The monoisotopic (exact) mass is 387 g/mol. The minimum Gasteiger partial charge on any atom is -0.497 e. The van der Waals surface area contributed by atoms with Gasteiger partial charge in [0.15, 0.2) is 0 Å². The third-order valence-corrected chi connectivity index (χ3v) is 5.83. The topological polar surface area (TPSA) is 29.5 Å². The van der Waals surface area contributed by atoms with Crippen LogP contribution in [0.4, 0.5) is 5.69 Å². The molecule has 0 aliphatic carbocycles. The smallest absolute Gasteiger partial charge is 0.234 e. The number of nitrogens with zero attached hydrogens (tertiary/aromatic N) is 1. The first-order valence-electron chi connectivity index (χ1n) is 6.96. The Morgan fingerprint density at radius 3 is 2.45 bits per heavy atom. The largest absolute Gasteiger partial charge is 0.497 e. The fraction of sp³-hybridized carbons (Fsp3) is 0.562. The summed E-state index contributed by atoms with van der Waals surface area (Å²) in [5.74, 6) is 1.51. The van der Waals surface area contributed by atoms with Gasteiger partial charge in [-0.15, -0.1) is 0 Å². The molecule has 1 aliphatic heterocycles. The summed E-state index contributed by atoms with van der Waals surface area (Å²) in [5.41, 5.74) is 0.734. The van der Waals surface area contributed by atoms with Gasteiger partial charge in [0, 0.05) is 16.2 Å². The summed E-state index contributed by atoms with van der Waals surface area (Å²) in [5, 5.41) is 0. The van der Waals surface area contributed by atoms with Crippen LogP contribution in [0, 0.1) is 11.3 Å². The zero-order chi connectivity index (χ0) is 14.9. The second-order valence-electron chi connectivity index (χ2n) is 6.08. The maximum absolute atomic E-state index is 12.8. The van der Waals surface area contributed by atoms with Crippen LogP contribution in [0.3, 0.4) is 0 Å². The number of methoxy groups -OCH3 is 1. The van der Waals surface area contributed by atoms with E-state index in [2.05, 4.69) is 43.4 Å². The van der Waals surface area contributed by atoms with Gasteiger partial charge in [-0.25, -0.2) is 0 Å². The summed E-state index contributed by atoms with van der Waals surface area (Å²) < 4.78 is 6.05. The van der Waals surface area contributed by atoms with Crippen molar-refractivity contribution in [2.45, 2.75) is 33.2 Å². The lowest BCUT2D eigenvalue weighted by Gasteiger charge is -2.28. The molecule has 4 heteroatoms. The molecule has 0 radical (unpaired) electrons. The minimum absolute atomic E-state index is 0.241. The van der Waals surface area contributed by atoms with Gasteiger partial charge in [-0.1, -0.05) is 36.4 Å². The van der Waals surface area contributed by atoms with Gasteiger partial charge in [-0.3, -0.25) is 4.79 Å². The molecule has 0 aromatic heterocycles. The molecule has 3 nitrogen and oxygen atoms in total. The number of carbonyl (C=O) groups excluding carboxylic acids is 1. The van der Waals surface area contributed by atoms with Crippen molar-refractivity contribution in [1.82, 2.24) is 0 Å². The Kier molecular flexibility index (Phi) is 4.62. The lowest BCUT2D eigenvalue weighted by atomic mass is 9.87. The van der Waals surface area contributed by atoms with Crippen molar-refractivity contribution in [1.29, 1.82) is 0 Å². The third kappa shape index (κ3) is 2.67. The van der Waals surface area contributed by atoms with Gasteiger partial charge >= 0.3 is 0 Å². The van der Waals surface area contributed by atoms with E-state index in [-0.39, 0.29) is 17.4 Å². The predicted molar refractivity (Wildman–Crippen MR) is 90.7 cm³/mol. The fourth-order valence-electron chi connectivity index (χ4n) is 2.78. The molecule has 2 atom stereocenters. The van der Waals surface area contributed by atoms with Crippen LogP contribution in [-0.4, -0.2) is 23.5 Å². The predicted octanol–water partition coefficient (Wildman–Crippen LogP) is 3.90. The molecule has 1 saturated heterocycles. The number of ether oxygens (including phenoxy) is 1. The normalized spacial score (nSPS) is 26.4. The molecule has 0 spiro atoms. The second-order valence-corrected chi connectivity index (χ2v) is 6.85. The van der Waals surface area contributed by atoms with Crippen molar-refractivity contribution in [2.75, 3.05) is 16.4 Å². The van der Waals surface area contributed by atoms with Gasteiger partial charge in [0.1, 0.15) is 5.75 Å². The number of halogens is 1. The molecule has 0 saturated carbocycles. The van der Waals surface area contributed by atoms with Gasteiger partial charge in [0.25, 0.3) is 0 Å². The standard InChI is InChI=1S/C16H22INO2/c1-11(2)14-9-16(3,10-17)15(19)18(14)12-5-7-13(20-4)8-6-12/h5-8,11,14H,9-10H2,1-4H3/t14-,16-/m1/s1.